The molecule has 0 atom stereocenters. The molecule has 88 valence electrons. The van der Waals surface area contributed by atoms with Gasteiger partial charge in [0.1, 0.15) is 11.4 Å². The van der Waals surface area contributed by atoms with Crippen molar-refractivity contribution in [2.75, 3.05) is 7.11 Å². The number of hydrogen-bond acceptors (Lipinski definition) is 4. The predicted molar refractivity (Wildman–Crippen MR) is 62.4 cm³/mol. The van der Waals surface area contributed by atoms with Gasteiger partial charge in [0.25, 0.3) is 0 Å². The van der Waals surface area contributed by atoms with Crippen LogP contribution in [0.15, 0.2) is 24.7 Å². The third-order valence-corrected chi connectivity index (χ3v) is 2.63. The lowest BCUT2D eigenvalue weighted by Crippen LogP contribution is -2.10. The van der Waals surface area contributed by atoms with Gasteiger partial charge in [-0.2, -0.15) is 5.10 Å². The van der Waals surface area contributed by atoms with Crippen LogP contribution in [0.2, 0.25) is 5.02 Å². The van der Waals surface area contributed by atoms with E-state index in [0.717, 1.165) is 0 Å². The SMILES string of the molecule is COc1cnccc1C(=O)c1c(Cl)cnn1C. The topological polar surface area (TPSA) is 57.0 Å². The lowest BCUT2D eigenvalue weighted by molar-refractivity contribution is 0.102. The first-order chi connectivity index (χ1) is 8.15. The van der Waals surface area contributed by atoms with Crippen molar-refractivity contribution in [1.29, 1.82) is 0 Å². The molecule has 0 fully saturated rings. The Kier molecular flexibility index (Phi) is 3.10. The van der Waals surface area contributed by atoms with Crippen molar-refractivity contribution < 1.29 is 9.53 Å². The van der Waals surface area contributed by atoms with Gasteiger partial charge in [0, 0.05) is 13.2 Å². The van der Waals surface area contributed by atoms with Crippen LogP contribution in [0.4, 0.5) is 0 Å². The van der Waals surface area contributed by atoms with E-state index in [1.165, 1.54) is 30.4 Å². The monoisotopic (exact) mass is 251 g/mol. The Labute approximate surface area is 103 Å². The molecule has 0 saturated heterocycles. The van der Waals surface area contributed by atoms with Gasteiger partial charge in [-0.15, -0.1) is 0 Å². The summed E-state index contributed by atoms with van der Waals surface area (Å²) >= 11 is 5.92. The van der Waals surface area contributed by atoms with Crippen molar-refractivity contribution in [3.63, 3.8) is 0 Å². The number of pyridine rings is 1. The van der Waals surface area contributed by atoms with Crippen LogP contribution < -0.4 is 4.74 Å². The molecule has 0 bridgehead atoms. The fourth-order valence-electron chi connectivity index (χ4n) is 1.52. The third kappa shape index (κ3) is 2.01. The number of hydrogen-bond donors (Lipinski definition) is 0. The highest BCUT2D eigenvalue weighted by atomic mass is 35.5. The molecule has 2 heterocycles. The molecule has 0 aliphatic heterocycles. The zero-order valence-electron chi connectivity index (χ0n) is 9.35. The van der Waals surface area contributed by atoms with Gasteiger partial charge in [-0.25, -0.2) is 0 Å². The molecule has 0 unspecified atom stereocenters. The van der Waals surface area contributed by atoms with Gasteiger partial charge >= 0.3 is 0 Å². The first-order valence-electron chi connectivity index (χ1n) is 4.85. The van der Waals surface area contributed by atoms with Gasteiger partial charge in [-0.05, 0) is 6.07 Å². The van der Waals surface area contributed by atoms with Crippen LogP contribution in [0.3, 0.4) is 0 Å². The van der Waals surface area contributed by atoms with Gasteiger partial charge in [0.15, 0.2) is 0 Å². The molecule has 0 aromatic carbocycles. The highest BCUT2D eigenvalue weighted by Gasteiger charge is 2.20. The van der Waals surface area contributed by atoms with Crippen molar-refractivity contribution in [2.45, 2.75) is 0 Å². The molecule has 0 N–H and O–H groups in total. The largest absolute Gasteiger partial charge is 0.494 e. The van der Waals surface area contributed by atoms with Crippen molar-refractivity contribution in [3.8, 4) is 5.75 Å². The van der Waals surface area contributed by atoms with Crippen molar-refractivity contribution in [1.82, 2.24) is 14.8 Å². The van der Waals surface area contributed by atoms with E-state index in [-0.39, 0.29) is 5.78 Å². The Balaban J connectivity index is 2.51. The maximum absolute atomic E-state index is 12.3. The number of carbonyl (C=O) groups excluding carboxylic acids is 1. The standard InChI is InChI=1S/C11H10ClN3O2/c1-15-10(8(12)5-14-15)11(16)7-3-4-13-6-9(7)17-2/h3-6H,1-2H3. The molecular weight excluding hydrogens is 242 g/mol. The molecule has 5 nitrogen and oxygen atoms in total. The molecule has 0 aliphatic rings. The van der Waals surface area contributed by atoms with Crippen LogP contribution >= 0.6 is 11.6 Å². The molecule has 0 amide bonds. The molecular formula is C11H10ClN3O2. The fraction of sp³-hybridized carbons (Fsp3) is 0.182. The van der Waals surface area contributed by atoms with Crippen LogP contribution in [0, 0.1) is 0 Å². The van der Waals surface area contributed by atoms with E-state index in [0.29, 0.717) is 22.0 Å². The van der Waals surface area contributed by atoms with Gasteiger partial charge in [0.2, 0.25) is 5.78 Å². The number of nitrogens with zero attached hydrogens (tertiary/aromatic N) is 3. The van der Waals surface area contributed by atoms with E-state index in [2.05, 4.69) is 10.1 Å². The highest BCUT2D eigenvalue weighted by Crippen LogP contribution is 2.23. The second-order valence-electron chi connectivity index (χ2n) is 3.37. The summed E-state index contributed by atoms with van der Waals surface area (Å²) in [5, 5.41) is 4.24. The predicted octanol–water partition coefficient (Wildman–Crippen LogP) is 1.71. The first-order valence-corrected chi connectivity index (χ1v) is 5.23. The van der Waals surface area contributed by atoms with E-state index >= 15 is 0 Å². The fourth-order valence-corrected chi connectivity index (χ4v) is 1.78. The van der Waals surface area contributed by atoms with Crippen LogP contribution in [0.25, 0.3) is 0 Å². The summed E-state index contributed by atoms with van der Waals surface area (Å²) in [6.07, 6.45) is 4.44. The summed E-state index contributed by atoms with van der Waals surface area (Å²) in [7, 11) is 3.14. The maximum atomic E-state index is 12.3. The molecule has 2 rings (SSSR count). The number of aromatic nitrogens is 3. The summed E-state index contributed by atoms with van der Waals surface area (Å²) in [5.74, 6) is 0.170. The highest BCUT2D eigenvalue weighted by molar-refractivity contribution is 6.34. The average molecular weight is 252 g/mol. The van der Waals surface area contributed by atoms with Gasteiger partial charge in [-0.3, -0.25) is 14.5 Å². The number of aryl methyl sites for hydroxylation is 1. The molecule has 6 heteroatoms. The van der Waals surface area contributed by atoms with Crippen LogP contribution in [-0.4, -0.2) is 27.7 Å². The molecule has 2 aromatic heterocycles. The van der Waals surface area contributed by atoms with Crippen LogP contribution in [-0.2, 0) is 7.05 Å². The van der Waals surface area contributed by atoms with E-state index in [1.54, 1.807) is 13.1 Å². The second kappa shape index (κ2) is 4.55. The van der Waals surface area contributed by atoms with Gasteiger partial charge in [0.05, 0.1) is 30.1 Å². The van der Waals surface area contributed by atoms with Crippen LogP contribution in [0.1, 0.15) is 16.1 Å². The normalized spacial score (nSPS) is 10.3. The Morgan fingerprint density at radius 3 is 2.82 bits per heavy atom. The van der Waals surface area contributed by atoms with E-state index in [4.69, 9.17) is 16.3 Å². The minimum absolute atomic E-state index is 0.241. The maximum Gasteiger partial charge on any atom is 0.216 e. The zero-order chi connectivity index (χ0) is 12.4. The first kappa shape index (κ1) is 11.6. The minimum atomic E-state index is -0.241. The van der Waals surface area contributed by atoms with Crippen molar-refractivity contribution in [2.24, 2.45) is 7.05 Å². The Hall–Kier alpha value is -1.88. The Bertz CT molecular complexity index is 546. The van der Waals surface area contributed by atoms with Gasteiger partial charge in [-0.1, -0.05) is 11.6 Å². The van der Waals surface area contributed by atoms with Crippen LogP contribution in [0.5, 0.6) is 5.75 Å². The van der Waals surface area contributed by atoms with Crippen molar-refractivity contribution >= 4 is 17.4 Å². The molecule has 17 heavy (non-hydrogen) atoms. The summed E-state index contributed by atoms with van der Waals surface area (Å²) in [4.78, 5) is 16.2. The summed E-state index contributed by atoms with van der Waals surface area (Å²) < 4.78 is 6.52. The van der Waals surface area contributed by atoms with Crippen molar-refractivity contribution in [3.05, 3.63) is 40.9 Å². The lowest BCUT2D eigenvalue weighted by Gasteiger charge is -2.07. The van der Waals surface area contributed by atoms with E-state index in [9.17, 15) is 4.79 Å². The summed E-state index contributed by atoms with van der Waals surface area (Å²) in [5.41, 5.74) is 0.740. The second-order valence-corrected chi connectivity index (χ2v) is 3.78. The van der Waals surface area contributed by atoms with Gasteiger partial charge < -0.3 is 4.74 Å². The lowest BCUT2D eigenvalue weighted by atomic mass is 10.1. The summed E-state index contributed by atoms with van der Waals surface area (Å²) in [6, 6.07) is 1.59. The van der Waals surface area contributed by atoms with E-state index < -0.39 is 0 Å². The number of halogens is 1. The smallest absolute Gasteiger partial charge is 0.216 e. The molecule has 0 spiro atoms. The average Bonchev–Trinajstić information content (AvgIpc) is 2.68. The number of carbonyl (C=O) groups is 1. The quantitative estimate of drug-likeness (QED) is 0.780. The number of rotatable bonds is 3. The molecule has 0 radical (unpaired) electrons. The summed E-state index contributed by atoms with van der Waals surface area (Å²) in [6.45, 7) is 0. The Morgan fingerprint density at radius 2 is 2.24 bits per heavy atom. The third-order valence-electron chi connectivity index (χ3n) is 2.36. The molecule has 2 aromatic rings. The van der Waals surface area contributed by atoms with E-state index in [1.807, 2.05) is 0 Å². The minimum Gasteiger partial charge on any atom is -0.494 e. The zero-order valence-corrected chi connectivity index (χ0v) is 10.1. The number of methoxy groups -OCH3 is 1. The number of ketones is 1. The molecule has 0 aliphatic carbocycles. The number of ether oxygens (including phenoxy) is 1. The Morgan fingerprint density at radius 1 is 1.47 bits per heavy atom. The molecule has 0 saturated carbocycles.